The lowest BCUT2D eigenvalue weighted by Gasteiger charge is -2.17. The fourth-order valence-corrected chi connectivity index (χ4v) is 1.72. The molecule has 0 heterocycles. The molecule has 0 bridgehead atoms. The van der Waals surface area contributed by atoms with Gasteiger partial charge < -0.3 is 14.7 Å². The molecule has 0 aromatic heterocycles. The molecule has 0 saturated heterocycles. The molecule has 0 fully saturated rings. The third-order valence-corrected chi connectivity index (χ3v) is 2.85. The summed E-state index contributed by atoms with van der Waals surface area (Å²) in [5.41, 5.74) is 1.25. The number of nitrogens with zero attached hydrogens (tertiary/aromatic N) is 1. The number of aryl methyl sites for hydroxylation is 1. The molecule has 18 heavy (non-hydrogen) atoms. The summed E-state index contributed by atoms with van der Waals surface area (Å²) in [6.07, 6.45) is 0. The van der Waals surface area contributed by atoms with E-state index in [1.165, 1.54) is 0 Å². The molecule has 5 heteroatoms. The zero-order chi connectivity index (χ0) is 13.5. The van der Waals surface area contributed by atoms with Gasteiger partial charge >= 0.3 is 0 Å². The first kappa shape index (κ1) is 15.0. The van der Waals surface area contributed by atoms with E-state index in [1.54, 1.807) is 24.1 Å². The van der Waals surface area contributed by atoms with Crippen LogP contribution in [-0.2, 0) is 4.74 Å². The molecule has 4 nitrogen and oxygen atoms in total. The van der Waals surface area contributed by atoms with Crippen molar-refractivity contribution < 1.29 is 14.6 Å². The highest BCUT2D eigenvalue weighted by molar-refractivity contribution is 9.09. The summed E-state index contributed by atoms with van der Waals surface area (Å²) in [6, 6.07) is 5.04. The van der Waals surface area contributed by atoms with E-state index >= 15 is 0 Å². The lowest BCUT2D eigenvalue weighted by Crippen LogP contribution is -2.30. The van der Waals surface area contributed by atoms with E-state index in [0.717, 1.165) is 10.9 Å². The van der Waals surface area contributed by atoms with Crippen LogP contribution in [-0.4, -0.2) is 48.0 Å². The highest BCUT2D eigenvalue weighted by Crippen LogP contribution is 2.19. The van der Waals surface area contributed by atoms with Crippen molar-refractivity contribution in [3.05, 3.63) is 29.3 Å². The molecule has 1 aromatic rings. The van der Waals surface area contributed by atoms with Crippen molar-refractivity contribution >= 4 is 21.8 Å². The van der Waals surface area contributed by atoms with Crippen LogP contribution >= 0.6 is 15.9 Å². The van der Waals surface area contributed by atoms with Crippen LogP contribution in [0.5, 0.6) is 5.75 Å². The summed E-state index contributed by atoms with van der Waals surface area (Å²) in [4.78, 5) is 13.6. The van der Waals surface area contributed by atoms with Gasteiger partial charge in [0.1, 0.15) is 5.75 Å². The number of benzene rings is 1. The first-order chi connectivity index (χ1) is 8.56. The molecule has 100 valence electrons. The molecule has 0 spiro atoms. The maximum atomic E-state index is 12.0. The number of carbonyl (C=O) groups is 1. The highest BCUT2D eigenvalue weighted by Gasteiger charge is 2.15. The maximum absolute atomic E-state index is 12.0. The van der Waals surface area contributed by atoms with Gasteiger partial charge in [-0.05, 0) is 24.6 Å². The number of ether oxygens (including phenoxy) is 1. The van der Waals surface area contributed by atoms with Crippen LogP contribution in [0, 0.1) is 6.92 Å². The molecular weight excluding hydrogens is 298 g/mol. The molecule has 0 atom stereocenters. The Kier molecular flexibility index (Phi) is 6.15. The molecule has 1 rings (SSSR count). The minimum absolute atomic E-state index is 0.0215. The molecule has 1 amide bonds. The third kappa shape index (κ3) is 4.31. The Morgan fingerprint density at radius 3 is 2.78 bits per heavy atom. The summed E-state index contributed by atoms with van der Waals surface area (Å²) < 4.78 is 5.29. The Bertz CT molecular complexity index is 409. The van der Waals surface area contributed by atoms with Gasteiger partial charge in [0.25, 0.3) is 5.91 Å². The van der Waals surface area contributed by atoms with Crippen molar-refractivity contribution in [2.24, 2.45) is 0 Å². The number of hydrogen-bond donors (Lipinski definition) is 1. The van der Waals surface area contributed by atoms with Gasteiger partial charge in [-0.3, -0.25) is 4.79 Å². The van der Waals surface area contributed by atoms with Gasteiger partial charge in [-0.2, -0.15) is 0 Å². The molecule has 0 aliphatic carbocycles. The van der Waals surface area contributed by atoms with Gasteiger partial charge in [0, 0.05) is 18.9 Å². The van der Waals surface area contributed by atoms with E-state index in [2.05, 4.69) is 15.9 Å². The summed E-state index contributed by atoms with van der Waals surface area (Å²) in [5, 5.41) is 10.5. The minimum atomic E-state index is -0.199. The molecule has 1 aromatic carbocycles. The Morgan fingerprint density at radius 2 is 2.17 bits per heavy atom. The second kappa shape index (κ2) is 7.38. The average molecular weight is 316 g/mol. The Balaban J connectivity index is 2.57. The fraction of sp³-hybridized carbons (Fsp3) is 0.462. The van der Waals surface area contributed by atoms with Crippen LogP contribution in [0.4, 0.5) is 0 Å². The molecule has 1 N–H and O–H groups in total. The first-order valence-corrected chi connectivity index (χ1v) is 6.87. The van der Waals surface area contributed by atoms with Gasteiger partial charge in [-0.15, -0.1) is 0 Å². The standard InChI is InChI=1S/C13H18BrNO3/c1-10-3-4-11(12(16)9-10)13(17)15(2)6-8-18-7-5-14/h3-4,9,16H,5-8H2,1-2H3. The van der Waals surface area contributed by atoms with Crippen LogP contribution in [0.2, 0.25) is 0 Å². The van der Waals surface area contributed by atoms with Crippen LogP contribution in [0.15, 0.2) is 18.2 Å². The van der Waals surface area contributed by atoms with E-state index < -0.39 is 0 Å². The van der Waals surface area contributed by atoms with E-state index in [1.807, 2.05) is 13.0 Å². The topological polar surface area (TPSA) is 49.8 Å². The number of phenolic OH excluding ortho intramolecular Hbond substituents is 1. The SMILES string of the molecule is Cc1ccc(C(=O)N(C)CCOCCBr)c(O)c1. The van der Waals surface area contributed by atoms with Crippen molar-refractivity contribution in [3.8, 4) is 5.75 Å². The van der Waals surface area contributed by atoms with Crippen molar-refractivity contribution in [3.63, 3.8) is 0 Å². The number of amides is 1. The highest BCUT2D eigenvalue weighted by atomic mass is 79.9. The lowest BCUT2D eigenvalue weighted by atomic mass is 10.1. The predicted octanol–water partition coefficient (Wildman–Crippen LogP) is 2.18. The number of rotatable bonds is 6. The van der Waals surface area contributed by atoms with Crippen molar-refractivity contribution in [2.45, 2.75) is 6.92 Å². The number of phenols is 1. The van der Waals surface area contributed by atoms with Gasteiger partial charge in [0.2, 0.25) is 0 Å². The molecule has 0 aliphatic rings. The molecule has 0 radical (unpaired) electrons. The smallest absolute Gasteiger partial charge is 0.257 e. The third-order valence-electron chi connectivity index (χ3n) is 2.52. The van der Waals surface area contributed by atoms with Crippen molar-refractivity contribution in [2.75, 3.05) is 32.1 Å². The summed E-state index contributed by atoms with van der Waals surface area (Å²) >= 11 is 3.26. The van der Waals surface area contributed by atoms with Crippen LogP contribution in [0.1, 0.15) is 15.9 Å². The van der Waals surface area contributed by atoms with E-state index in [-0.39, 0.29) is 11.7 Å². The van der Waals surface area contributed by atoms with Gasteiger partial charge in [-0.1, -0.05) is 22.0 Å². The largest absolute Gasteiger partial charge is 0.507 e. The van der Waals surface area contributed by atoms with Gasteiger partial charge in [-0.25, -0.2) is 0 Å². The Labute approximate surface area is 116 Å². The van der Waals surface area contributed by atoms with Crippen LogP contribution in [0.25, 0.3) is 0 Å². The monoisotopic (exact) mass is 315 g/mol. The van der Waals surface area contributed by atoms with Crippen LogP contribution < -0.4 is 0 Å². The van der Waals surface area contributed by atoms with Gasteiger partial charge in [0.05, 0.1) is 18.8 Å². The summed E-state index contributed by atoms with van der Waals surface area (Å²) in [6.45, 7) is 3.48. The van der Waals surface area contributed by atoms with Crippen molar-refractivity contribution in [1.29, 1.82) is 0 Å². The lowest BCUT2D eigenvalue weighted by molar-refractivity contribution is 0.0710. The van der Waals surface area contributed by atoms with Gasteiger partial charge in [0.15, 0.2) is 0 Å². The predicted molar refractivity (Wildman–Crippen MR) is 74.4 cm³/mol. The van der Waals surface area contributed by atoms with Crippen LogP contribution in [0.3, 0.4) is 0 Å². The number of carbonyl (C=O) groups excluding carboxylic acids is 1. The molecule has 0 aliphatic heterocycles. The first-order valence-electron chi connectivity index (χ1n) is 5.75. The normalized spacial score (nSPS) is 10.4. The maximum Gasteiger partial charge on any atom is 0.257 e. The fourth-order valence-electron chi connectivity index (χ4n) is 1.49. The second-order valence-corrected chi connectivity index (χ2v) is 4.84. The number of aromatic hydroxyl groups is 1. The Hall–Kier alpha value is -1.07. The Morgan fingerprint density at radius 1 is 1.44 bits per heavy atom. The molecule has 0 unspecified atom stereocenters. The zero-order valence-corrected chi connectivity index (χ0v) is 12.2. The van der Waals surface area contributed by atoms with E-state index in [0.29, 0.717) is 25.3 Å². The number of hydrogen-bond acceptors (Lipinski definition) is 3. The average Bonchev–Trinajstić information content (AvgIpc) is 2.33. The summed E-state index contributed by atoms with van der Waals surface area (Å²) in [5.74, 6) is -0.178. The number of halogens is 1. The van der Waals surface area contributed by atoms with E-state index in [9.17, 15) is 9.90 Å². The minimum Gasteiger partial charge on any atom is -0.507 e. The molecular formula is C13H18BrNO3. The second-order valence-electron chi connectivity index (χ2n) is 4.05. The number of alkyl halides is 1. The summed E-state index contributed by atoms with van der Waals surface area (Å²) in [7, 11) is 1.69. The quantitative estimate of drug-likeness (QED) is 0.646. The number of likely N-dealkylation sites (N-methyl/N-ethyl adjacent to an activating group) is 1. The molecule has 0 saturated carbocycles. The van der Waals surface area contributed by atoms with E-state index in [4.69, 9.17) is 4.74 Å². The zero-order valence-electron chi connectivity index (χ0n) is 10.6. The van der Waals surface area contributed by atoms with Crippen molar-refractivity contribution in [1.82, 2.24) is 4.90 Å².